The summed E-state index contributed by atoms with van der Waals surface area (Å²) in [6.07, 6.45) is 0.309. The molecular weight excluding hydrogens is 320 g/mol. The number of carbonyl (C=O) groups is 1. The molecule has 2 rings (SSSR count). The van der Waals surface area contributed by atoms with Crippen LogP contribution in [-0.4, -0.2) is 22.2 Å². The molecule has 0 saturated heterocycles. The Morgan fingerprint density at radius 3 is 2.36 bits per heavy atom. The van der Waals surface area contributed by atoms with E-state index in [0.29, 0.717) is 11.4 Å². The number of rotatable bonds is 5. The second-order valence-electron chi connectivity index (χ2n) is 4.69. The molecular formula is C16H15ClN2O2S. The number of nitrogens with one attached hydrogen (secondary N) is 2. The van der Waals surface area contributed by atoms with Crippen molar-refractivity contribution in [3.8, 4) is 0 Å². The second-order valence-corrected chi connectivity index (χ2v) is 5.53. The molecule has 0 aliphatic carbocycles. The van der Waals surface area contributed by atoms with E-state index in [-0.39, 0.29) is 5.11 Å². The van der Waals surface area contributed by atoms with E-state index in [1.165, 1.54) is 0 Å². The lowest BCUT2D eigenvalue weighted by Gasteiger charge is -2.17. The van der Waals surface area contributed by atoms with Crippen LogP contribution in [0.2, 0.25) is 5.02 Å². The molecule has 0 aliphatic rings. The first-order valence-corrected chi connectivity index (χ1v) is 7.43. The van der Waals surface area contributed by atoms with E-state index in [1.54, 1.807) is 24.3 Å². The fourth-order valence-corrected chi connectivity index (χ4v) is 2.29. The number of carboxylic acid groups (broad SMARTS) is 1. The van der Waals surface area contributed by atoms with Crippen molar-refractivity contribution in [3.63, 3.8) is 0 Å². The van der Waals surface area contributed by atoms with E-state index < -0.39 is 12.0 Å². The molecule has 0 fully saturated rings. The molecule has 114 valence electrons. The predicted molar refractivity (Wildman–Crippen MR) is 92.4 cm³/mol. The standard InChI is InChI=1S/C16H15ClN2O2S/c17-12-8-6-11(7-9-12)10-14(15(20)21)19-16(22)18-13-4-2-1-3-5-13/h1-9,14H,10H2,(H,20,21)(H2,18,19,22)/t14-/m1/s1. The zero-order valence-corrected chi connectivity index (χ0v) is 13.2. The van der Waals surface area contributed by atoms with E-state index in [0.717, 1.165) is 11.3 Å². The van der Waals surface area contributed by atoms with Gasteiger partial charge in [0.15, 0.2) is 5.11 Å². The van der Waals surface area contributed by atoms with E-state index in [4.69, 9.17) is 23.8 Å². The second kappa shape index (κ2) is 7.77. The highest BCUT2D eigenvalue weighted by Crippen LogP contribution is 2.11. The van der Waals surface area contributed by atoms with Gasteiger partial charge in [-0.15, -0.1) is 0 Å². The molecule has 0 aliphatic heterocycles. The van der Waals surface area contributed by atoms with Gasteiger partial charge in [0.05, 0.1) is 0 Å². The van der Waals surface area contributed by atoms with Gasteiger partial charge in [-0.05, 0) is 42.0 Å². The molecule has 0 amide bonds. The van der Waals surface area contributed by atoms with Gasteiger partial charge in [0, 0.05) is 17.1 Å². The number of benzene rings is 2. The minimum Gasteiger partial charge on any atom is -0.480 e. The van der Waals surface area contributed by atoms with Crippen LogP contribution in [0.3, 0.4) is 0 Å². The average molecular weight is 335 g/mol. The van der Waals surface area contributed by atoms with Crippen LogP contribution in [0.4, 0.5) is 5.69 Å². The smallest absolute Gasteiger partial charge is 0.326 e. The Bertz CT molecular complexity index is 647. The molecule has 1 atom stereocenters. The lowest BCUT2D eigenvalue weighted by atomic mass is 10.1. The summed E-state index contributed by atoms with van der Waals surface area (Å²) < 4.78 is 0. The Morgan fingerprint density at radius 2 is 1.77 bits per heavy atom. The minimum absolute atomic E-state index is 0.271. The molecule has 3 N–H and O–H groups in total. The summed E-state index contributed by atoms with van der Waals surface area (Å²) in [5.74, 6) is -0.966. The third-order valence-corrected chi connectivity index (χ3v) is 3.46. The number of aliphatic carboxylic acids is 1. The highest BCUT2D eigenvalue weighted by Gasteiger charge is 2.18. The van der Waals surface area contributed by atoms with Gasteiger partial charge >= 0.3 is 5.97 Å². The molecule has 4 nitrogen and oxygen atoms in total. The Labute approximate surface area is 139 Å². The van der Waals surface area contributed by atoms with Crippen molar-refractivity contribution in [2.24, 2.45) is 0 Å². The van der Waals surface area contributed by atoms with Crippen molar-refractivity contribution in [1.82, 2.24) is 5.32 Å². The van der Waals surface area contributed by atoms with Gasteiger partial charge in [0.1, 0.15) is 6.04 Å². The van der Waals surface area contributed by atoms with Crippen molar-refractivity contribution >= 4 is 40.6 Å². The zero-order valence-electron chi connectivity index (χ0n) is 11.6. The zero-order chi connectivity index (χ0) is 15.9. The summed E-state index contributed by atoms with van der Waals surface area (Å²) in [7, 11) is 0. The SMILES string of the molecule is O=C(O)[C@@H](Cc1ccc(Cl)cc1)NC(=S)Nc1ccccc1. The number of anilines is 1. The topological polar surface area (TPSA) is 61.4 Å². The van der Waals surface area contributed by atoms with Crippen LogP contribution >= 0.6 is 23.8 Å². The van der Waals surface area contributed by atoms with Crippen molar-refractivity contribution < 1.29 is 9.90 Å². The number of hydrogen-bond acceptors (Lipinski definition) is 2. The van der Waals surface area contributed by atoms with Crippen molar-refractivity contribution in [2.75, 3.05) is 5.32 Å². The maximum atomic E-state index is 11.4. The van der Waals surface area contributed by atoms with Crippen molar-refractivity contribution in [3.05, 3.63) is 65.2 Å². The van der Waals surface area contributed by atoms with Crippen molar-refractivity contribution in [2.45, 2.75) is 12.5 Å². The molecule has 0 radical (unpaired) electrons. The first kappa shape index (κ1) is 16.3. The highest BCUT2D eigenvalue weighted by molar-refractivity contribution is 7.80. The molecule has 2 aromatic rings. The summed E-state index contributed by atoms with van der Waals surface area (Å²) in [4.78, 5) is 11.4. The summed E-state index contributed by atoms with van der Waals surface area (Å²) in [6, 6.07) is 15.6. The van der Waals surface area contributed by atoms with Gasteiger partial charge in [-0.25, -0.2) is 4.79 Å². The molecule has 0 bridgehead atoms. The lowest BCUT2D eigenvalue weighted by molar-refractivity contribution is -0.139. The quantitative estimate of drug-likeness (QED) is 0.732. The van der Waals surface area contributed by atoms with E-state index in [9.17, 15) is 9.90 Å². The number of halogens is 1. The maximum absolute atomic E-state index is 11.4. The largest absolute Gasteiger partial charge is 0.480 e. The van der Waals surface area contributed by atoms with Gasteiger partial charge in [-0.1, -0.05) is 41.9 Å². The first-order valence-electron chi connectivity index (χ1n) is 6.64. The Kier molecular flexibility index (Phi) is 5.75. The molecule has 0 heterocycles. The summed E-state index contributed by atoms with van der Waals surface area (Å²) in [5.41, 5.74) is 1.67. The molecule has 2 aromatic carbocycles. The summed E-state index contributed by atoms with van der Waals surface area (Å²) >= 11 is 11.0. The molecule has 0 saturated carbocycles. The highest BCUT2D eigenvalue weighted by atomic mass is 35.5. The third kappa shape index (κ3) is 5.02. The number of hydrogen-bond donors (Lipinski definition) is 3. The van der Waals surface area contributed by atoms with Crippen LogP contribution in [0.5, 0.6) is 0 Å². The number of carboxylic acids is 1. The van der Waals surface area contributed by atoms with Crippen LogP contribution < -0.4 is 10.6 Å². The molecule has 0 aromatic heterocycles. The minimum atomic E-state index is -0.966. The third-order valence-electron chi connectivity index (χ3n) is 2.99. The van der Waals surface area contributed by atoms with Crippen LogP contribution in [0.25, 0.3) is 0 Å². The van der Waals surface area contributed by atoms with Gasteiger partial charge in [0.25, 0.3) is 0 Å². The Hall–Kier alpha value is -2.11. The fraction of sp³-hybridized carbons (Fsp3) is 0.125. The molecule has 0 spiro atoms. The van der Waals surface area contributed by atoms with Crippen LogP contribution in [-0.2, 0) is 11.2 Å². The van der Waals surface area contributed by atoms with E-state index in [2.05, 4.69) is 10.6 Å². The van der Waals surface area contributed by atoms with Crippen LogP contribution in [0.1, 0.15) is 5.56 Å². The van der Waals surface area contributed by atoms with Crippen molar-refractivity contribution in [1.29, 1.82) is 0 Å². The molecule has 0 unspecified atom stereocenters. The Morgan fingerprint density at radius 1 is 1.14 bits per heavy atom. The van der Waals surface area contributed by atoms with Gasteiger partial charge in [0.2, 0.25) is 0 Å². The predicted octanol–water partition coefficient (Wildman–Crippen LogP) is 3.32. The van der Waals surface area contributed by atoms with Crippen LogP contribution in [0, 0.1) is 0 Å². The normalized spacial score (nSPS) is 11.5. The summed E-state index contributed by atoms with van der Waals surface area (Å²) in [5, 5.41) is 16.0. The van der Waals surface area contributed by atoms with Crippen LogP contribution in [0.15, 0.2) is 54.6 Å². The summed E-state index contributed by atoms with van der Waals surface area (Å²) in [6.45, 7) is 0. The number of para-hydroxylation sites is 1. The molecule has 6 heteroatoms. The average Bonchev–Trinajstić information content (AvgIpc) is 2.49. The van der Waals surface area contributed by atoms with Gasteiger partial charge in [-0.3, -0.25) is 0 Å². The monoisotopic (exact) mass is 334 g/mol. The molecule has 22 heavy (non-hydrogen) atoms. The Balaban J connectivity index is 1.98. The number of thiocarbonyl (C=S) groups is 1. The van der Waals surface area contributed by atoms with E-state index >= 15 is 0 Å². The first-order chi connectivity index (χ1) is 10.5. The van der Waals surface area contributed by atoms with Gasteiger partial charge < -0.3 is 15.7 Å². The van der Waals surface area contributed by atoms with E-state index in [1.807, 2.05) is 30.3 Å². The van der Waals surface area contributed by atoms with Gasteiger partial charge in [-0.2, -0.15) is 0 Å². The lowest BCUT2D eigenvalue weighted by Crippen LogP contribution is -2.44. The fourth-order valence-electron chi connectivity index (χ4n) is 1.90. The maximum Gasteiger partial charge on any atom is 0.326 e.